The lowest BCUT2D eigenvalue weighted by molar-refractivity contribution is 0.0593. The fourth-order valence-electron chi connectivity index (χ4n) is 1.86. The lowest BCUT2D eigenvalue weighted by atomic mass is 10.2. The van der Waals surface area contributed by atoms with Gasteiger partial charge in [0, 0.05) is 18.7 Å². The van der Waals surface area contributed by atoms with Gasteiger partial charge in [-0.25, -0.2) is 9.48 Å². The lowest BCUT2D eigenvalue weighted by Crippen LogP contribution is -2.03. The molecule has 0 aliphatic heterocycles. The smallest absolute Gasteiger partial charge is 0.358 e. The van der Waals surface area contributed by atoms with Gasteiger partial charge in [-0.2, -0.15) is 10.1 Å². The standard InChI is InChI=1S/C14H12N4O3/c1-9-15-13(17-21-9)10-3-5-11(6-4-10)18-8-7-12(16-18)14(19)20-2/h3-8H,1-2H3. The molecule has 106 valence electrons. The van der Waals surface area contributed by atoms with Crippen LogP contribution >= 0.6 is 0 Å². The van der Waals surface area contributed by atoms with Gasteiger partial charge in [0.1, 0.15) is 0 Å². The largest absolute Gasteiger partial charge is 0.464 e. The molecule has 0 aliphatic carbocycles. The molecule has 0 spiro atoms. The van der Waals surface area contributed by atoms with E-state index in [2.05, 4.69) is 20.0 Å². The summed E-state index contributed by atoms with van der Waals surface area (Å²) in [6.45, 7) is 1.74. The Hall–Kier alpha value is -2.96. The SMILES string of the molecule is COC(=O)c1ccn(-c2ccc(-c3noc(C)n3)cc2)n1. The third kappa shape index (κ3) is 2.53. The van der Waals surface area contributed by atoms with Gasteiger partial charge in [-0.1, -0.05) is 5.16 Å². The molecule has 7 nitrogen and oxygen atoms in total. The van der Waals surface area contributed by atoms with E-state index in [1.807, 2.05) is 24.3 Å². The van der Waals surface area contributed by atoms with Gasteiger partial charge in [0.05, 0.1) is 12.8 Å². The van der Waals surface area contributed by atoms with Crippen molar-refractivity contribution < 1.29 is 14.1 Å². The molecule has 1 aromatic carbocycles. The summed E-state index contributed by atoms with van der Waals surface area (Å²) in [5.74, 6) is 0.589. The zero-order valence-corrected chi connectivity index (χ0v) is 11.5. The van der Waals surface area contributed by atoms with Crippen LogP contribution in [0.25, 0.3) is 17.1 Å². The van der Waals surface area contributed by atoms with Gasteiger partial charge in [-0.3, -0.25) is 0 Å². The number of esters is 1. The normalized spacial score (nSPS) is 10.6. The van der Waals surface area contributed by atoms with Crippen molar-refractivity contribution in [3.63, 3.8) is 0 Å². The number of aryl methyl sites for hydroxylation is 1. The molecule has 21 heavy (non-hydrogen) atoms. The van der Waals surface area contributed by atoms with Crippen molar-refractivity contribution in [1.29, 1.82) is 0 Å². The van der Waals surface area contributed by atoms with E-state index in [1.165, 1.54) is 7.11 Å². The van der Waals surface area contributed by atoms with Gasteiger partial charge in [0.2, 0.25) is 11.7 Å². The maximum absolute atomic E-state index is 11.4. The number of methoxy groups -OCH3 is 1. The number of aromatic nitrogens is 4. The maximum atomic E-state index is 11.4. The Morgan fingerprint density at radius 2 is 2.00 bits per heavy atom. The van der Waals surface area contributed by atoms with E-state index in [9.17, 15) is 4.79 Å². The Bertz CT molecular complexity index is 774. The van der Waals surface area contributed by atoms with Crippen LogP contribution in [0.15, 0.2) is 41.1 Å². The van der Waals surface area contributed by atoms with Crippen LogP contribution in [0.1, 0.15) is 16.4 Å². The number of hydrogen-bond donors (Lipinski definition) is 0. The summed E-state index contributed by atoms with van der Waals surface area (Å²) in [7, 11) is 1.32. The first-order valence-corrected chi connectivity index (χ1v) is 6.22. The van der Waals surface area contributed by atoms with Crippen molar-refractivity contribution in [2.24, 2.45) is 0 Å². The van der Waals surface area contributed by atoms with Crippen LogP contribution in [0, 0.1) is 6.92 Å². The van der Waals surface area contributed by atoms with Crippen LogP contribution in [-0.2, 0) is 4.74 Å². The fourth-order valence-corrected chi connectivity index (χ4v) is 1.86. The van der Waals surface area contributed by atoms with Crippen LogP contribution < -0.4 is 0 Å². The van der Waals surface area contributed by atoms with E-state index in [0.29, 0.717) is 11.7 Å². The fraction of sp³-hybridized carbons (Fsp3) is 0.143. The van der Waals surface area contributed by atoms with E-state index >= 15 is 0 Å². The summed E-state index contributed by atoms with van der Waals surface area (Å²) in [6, 6.07) is 9.03. The minimum atomic E-state index is -0.465. The Balaban J connectivity index is 1.87. The molecule has 0 unspecified atom stereocenters. The Labute approximate surface area is 120 Å². The molecule has 7 heteroatoms. The summed E-state index contributed by atoms with van der Waals surface area (Å²) in [6.07, 6.45) is 1.69. The predicted octanol–water partition coefficient (Wildman–Crippen LogP) is 2.02. The number of carbonyl (C=O) groups is 1. The molecule has 0 N–H and O–H groups in total. The van der Waals surface area contributed by atoms with Crippen LogP contribution in [0.2, 0.25) is 0 Å². The minimum absolute atomic E-state index is 0.260. The van der Waals surface area contributed by atoms with Crippen molar-refractivity contribution in [2.45, 2.75) is 6.92 Å². The maximum Gasteiger partial charge on any atom is 0.358 e. The summed E-state index contributed by atoms with van der Waals surface area (Å²) >= 11 is 0. The topological polar surface area (TPSA) is 83.0 Å². The Morgan fingerprint density at radius 3 is 2.62 bits per heavy atom. The average Bonchev–Trinajstić information content (AvgIpc) is 3.16. The lowest BCUT2D eigenvalue weighted by Gasteiger charge is -2.02. The summed E-state index contributed by atoms with van der Waals surface area (Å²) in [5.41, 5.74) is 1.92. The molecule has 0 saturated carbocycles. The zero-order valence-electron chi connectivity index (χ0n) is 11.5. The highest BCUT2D eigenvalue weighted by molar-refractivity contribution is 5.86. The van der Waals surface area contributed by atoms with Gasteiger partial charge < -0.3 is 9.26 Å². The van der Waals surface area contributed by atoms with Crippen LogP contribution in [-0.4, -0.2) is 33.0 Å². The molecule has 3 rings (SSSR count). The van der Waals surface area contributed by atoms with Crippen LogP contribution in [0.5, 0.6) is 0 Å². The van der Waals surface area contributed by atoms with E-state index in [4.69, 9.17) is 4.52 Å². The van der Waals surface area contributed by atoms with E-state index in [1.54, 1.807) is 23.9 Å². The molecular weight excluding hydrogens is 272 g/mol. The van der Waals surface area contributed by atoms with Gasteiger partial charge >= 0.3 is 5.97 Å². The number of rotatable bonds is 3. The second-order valence-corrected chi connectivity index (χ2v) is 4.32. The average molecular weight is 284 g/mol. The minimum Gasteiger partial charge on any atom is -0.464 e. The first-order chi connectivity index (χ1) is 10.2. The van der Waals surface area contributed by atoms with Crippen molar-refractivity contribution in [3.8, 4) is 17.1 Å². The van der Waals surface area contributed by atoms with Gasteiger partial charge in [0.15, 0.2) is 5.69 Å². The highest BCUT2D eigenvalue weighted by Crippen LogP contribution is 2.18. The van der Waals surface area contributed by atoms with E-state index in [0.717, 1.165) is 11.3 Å². The first-order valence-electron chi connectivity index (χ1n) is 6.22. The molecule has 0 radical (unpaired) electrons. The molecule has 0 fully saturated rings. The molecule has 0 amide bonds. The van der Waals surface area contributed by atoms with Crippen LogP contribution in [0.3, 0.4) is 0 Å². The Kier molecular flexibility index (Phi) is 3.23. The van der Waals surface area contributed by atoms with Gasteiger partial charge in [0.25, 0.3) is 0 Å². The van der Waals surface area contributed by atoms with Gasteiger partial charge in [-0.15, -0.1) is 0 Å². The van der Waals surface area contributed by atoms with Crippen molar-refractivity contribution in [3.05, 3.63) is 48.1 Å². The second-order valence-electron chi connectivity index (χ2n) is 4.32. The summed E-state index contributed by atoms with van der Waals surface area (Å²) in [4.78, 5) is 15.5. The van der Waals surface area contributed by atoms with Crippen molar-refractivity contribution in [1.82, 2.24) is 19.9 Å². The molecule has 0 bridgehead atoms. The highest BCUT2D eigenvalue weighted by Gasteiger charge is 2.10. The first kappa shape index (κ1) is 13.0. The molecule has 3 aromatic rings. The molecule has 2 heterocycles. The summed E-state index contributed by atoms with van der Waals surface area (Å²) < 4.78 is 11.2. The number of benzene rings is 1. The number of carbonyl (C=O) groups excluding carboxylic acids is 1. The molecular formula is C14H12N4O3. The molecule has 0 saturated heterocycles. The number of hydrogen-bond acceptors (Lipinski definition) is 6. The Morgan fingerprint density at radius 1 is 1.24 bits per heavy atom. The molecule has 2 aromatic heterocycles. The second kappa shape index (κ2) is 5.20. The third-order valence-corrected chi connectivity index (χ3v) is 2.90. The van der Waals surface area contributed by atoms with Crippen molar-refractivity contribution in [2.75, 3.05) is 7.11 Å². The monoisotopic (exact) mass is 284 g/mol. The highest BCUT2D eigenvalue weighted by atomic mass is 16.5. The van der Waals surface area contributed by atoms with Crippen molar-refractivity contribution >= 4 is 5.97 Å². The van der Waals surface area contributed by atoms with E-state index in [-0.39, 0.29) is 5.69 Å². The predicted molar refractivity (Wildman–Crippen MR) is 72.9 cm³/mol. The van der Waals surface area contributed by atoms with Crippen LogP contribution in [0.4, 0.5) is 0 Å². The third-order valence-electron chi connectivity index (χ3n) is 2.90. The molecule has 0 atom stereocenters. The molecule has 0 aliphatic rings. The number of ether oxygens (including phenoxy) is 1. The van der Waals surface area contributed by atoms with E-state index < -0.39 is 5.97 Å². The number of nitrogens with zero attached hydrogens (tertiary/aromatic N) is 4. The quantitative estimate of drug-likeness (QED) is 0.684. The summed E-state index contributed by atoms with van der Waals surface area (Å²) in [5, 5.41) is 8.01. The zero-order chi connectivity index (χ0) is 14.8. The van der Waals surface area contributed by atoms with Gasteiger partial charge in [-0.05, 0) is 30.3 Å².